The number of aromatic nitrogens is 3. The number of nitrogens with one attached hydrogen (secondary N) is 1. The zero-order valence-corrected chi connectivity index (χ0v) is 8.07. The van der Waals surface area contributed by atoms with Crippen LogP contribution in [0.25, 0.3) is 0 Å². The molecule has 1 N–H and O–H groups in total. The van der Waals surface area contributed by atoms with E-state index in [2.05, 4.69) is 36.3 Å². The molecule has 4 heteroatoms. The van der Waals surface area contributed by atoms with Crippen molar-refractivity contribution < 1.29 is 0 Å². The summed E-state index contributed by atoms with van der Waals surface area (Å²) in [6.07, 6.45) is 1.72. The van der Waals surface area contributed by atoms with Crippen molar-refractivity contribution in [3.05, 3.63) is 12.2 Å². The van der Waals surface area contributed by atoms with Crippen molar-refractivity contribution in [3.63, 3.8) is 0 Å². The predicted molar refractivity (Wildman–Crippen MR) is 47.7 cm³/mol. The quantitative estimate of drug-likeness (QED) is 0.728. The normalized spacial score (nSPS) is 13.8. The largest absolute Gasteiger partial charge is 0.319 e. The highest BCUT2D eigenvalue weighted by Crippen LogP contribution is 2.07. The second-order valence-corrected chi connectivity index (χ2v) is 3.34. The van der Waals surface area contributed by atoms with Crippen molar-refractivity contribution in [2.24, 2.45) is 7.05 Å². The van der Waals surface area contributed by atoms with E-state index in [1.165, 1.54) is 0 Å². The van der Waals surface area contributed by atoms with Gasteiger partial charge in [0.25, 0.3) is 0 Å². The molecular formula is C8H16N4. The van der Waals surface area contributed by atoms with Crippen molar-refractivity contribution in [2.45, 2.75) is 32.9 Å². The molecule has 0 saturated heterocycles. The van der Waals surface area contributed by atoms with Gasteiger partial charge in [0.15, 0.2) is 0 Å². The molecule has 1 rings (SSSR count). The van der Waals surface area contributed by atoms with E-state index in [0.29, 0.717) is 6.04 Å². The molecule has 0 bridgehead atoms. The van der Waals surface area contributed by atoms with Crippen LogP contribution in [0.1, 0.15) is 32.6 Å². The minimum absolute atomic E-state index is 0.262. The summed E-state index contributed by atoms with van der Waals surface area (Å²) in [6.45, 7) is 6.32. The summed E-state index contributed by atoms with van der Waals surface area (Å²) in [6, 6.07) is 0.731. The lowest BCUT2D eigenvalue weighted by atomic mass is 10.2. The third-order valence-electron chi connectivity index (χ3n) is 1.72. The lowest BCUT2D eigenvalue weighted by Crippen LogP contribution is -2.27. The third-order valence-corrected chi connectivity index (χ3v) is 1.72. The van der Waals surface area contributed by atoms with Gasteiger partial charge >= 0.3 is 0 Å². The van der Waals surface area contributed by atoms with E-state index in [9.17, 15) is 0 Å². The topological polar surface area (TPSA) is 42.7 Å². The second kappa shape index (κ2) is 3.67. The van der Waals surface area contributed by atoms with Gasteiger partial charge in [0.1, 0.15) is 12.2 Å². The Morgan fingerprint density at radius 3 is 2.50 bits per heavy atom. The highest BCUT2D eigenvalue weighted by molar-refractivity contribution is 4.92. The molecule has 0 aliphatic heterocycles. The molecule has 0 saturated carbocycles. The molecule has 0 aliphatic rings. The van der Waals surface area contributed by atoms with Gasteiger partial charge in [0.05, 0.1) is 6.04 Å². The lowest BCUT2D eigenvalue weighted by Gasteiger charge is -2.15. The van der Waals surface area contributed by atoms with Crippen molar-refractivity contribution >= 4 is 0 Å². The van der Waals surface area contributed by atoms with Crippen LogP contribution in [0.5, 0.6) is 0 Å². The number of nitrogens with zero attached hydrogens (tertiary/aromatic N) is 3. The molecule has 4 nitrogen and oxygen atoms in total. The fraction of sp³-hybridized carbons (Fsp3) is 0.750. The Bertz CT molecular complexity index is 241. The van der Waals surface area contributed by atoms with Crippen LogP contribution in [0, 0.1) is 0 Å². The summed E-state index contributed by atoms with van der Waals surface area (Å²) in [7, 11) is 1.95. The minimum Gasteiger partial charge on any atom is -0.319 e. The van der Waals surface area contributed by atoms with E-state index >= 15 is 0 Å². The Labute approximate surface area is 73.0 Å². The van der Waals surface area contributed by atoms with Gasteiger partial charge in [-0.25, -0.2) is 0 Å². The number of hydrogen-bond donors (Lipinski definition) is 1. The molecule has 1 unspecified atom stereocenters. The Hall–Kier alpha value is -0.900. The summed E-state index contributed by atoms with van der Waals surface area (Å²) < 4.78 is 1.93. The van der Waals surface area contributed by atoms with Crippen LogP contribution < -0.4 is 5.32 Å². The number of aryl methyl sites for hydroxylation is 1. The summed E-state index contributed by atoms with van der Waals surface area (Å²) in [5.41, 5.74) is 0. The molecule has 68 valence electrons. The molecule has 1 atom stereocenters. The molecular weight excluding hydrogens is 152 g/mol. The Kier molecular flexibility index (Phi) is 2.81. The molecule has 0 amide bonds. The fourth-order valence-corrected chi connectivity index (χ4v) is 1.26. The van der Waals surface area contributed by atoms with Crippen molar-refractivity contribution in [1.82, 2.24) is 20.1 Å². The fourth-order valence-electron chi connectivity index (χ4n) is 1.26. The molecule has 12 heavy (non-hydrogen) atoms. The van der Waals surface area contributed by atoms with Gasteiger partial charge in [-0.1, -0.05) is 13.8 Å². The monoisotopic (exact) mass is 168 g/mol. The maximum absolute atomic E-state index is 4.02. The molecule has 0 fully saturated rings. The van der Waals surface area contributed by atoms with E-state index in [0.717, 1.165) is 5.82 Å². The zero-order chi connectivity index (χ0) is 9.14. The van der Waals surface area contributed by atoms with Crippen LogP contribution in [0.4, 0.5) is 0 Å². The molecule has 0 spiro atoms. The number of rotatable bonds is 3. The third kappa shape index (κ3) is 2.04. The Balaban J connectivity index is 2.65. The van der Waals surface area contributed by atoms with Gasteiger partial charge in [-0.05, 0) is 6.92 Å². The van der Waals surface area contributed by atoms with Crippen molar-refractivity contribution in [2.75, 3.05) is 0 Å². The summed E-state index contributed by atoms with van der Waals surface area (Å²) >= 11 is 0. The van der Waals surface area contributed by atoms with Crippen LogP contribution in [-0.4, -0.2) is 20.8 Å². The molecule has 0 aliphatic carbocycles. The van der Waals surface area contributed by atoms with E-state index in [4.69, 9.17) is 0 Å². The van der Waals surface area contributed by atoms with Crippen LogP contribution in [0.15, 0.2) is 6.33 Å². The highest BCUT2D eigenvalue weighted by Gasteiger charge is 2.10. The summed E-state index contributed by atoms with van der Waals surface area (Å²) in [5.74, 6) is 0.976. The average molecular weight is 168 g/mol. The Morgan fingerprint density at radius 1 is 1.42 bits per heavy atom. The summed E-state index contributed by atoms with van der Waals surface area (Å²) in [5, 5.41) is 11.2. The van der Waals surface area contributed by atoms with Crippen LogP contribution in [-0.2, 0) is 7.05 Å². The molecule has 1 aromatic rings. The van der Waals surface area contributed by atoms with Gasteiger partial charge in [-0.3, -0.25) is 0 Å². The first-order chi connectivity index (χ1) is 5.61. The molecule has 0 aromatic carbocycles. The van der Waals surface area contributed by atoms with Crippen LogP contribution in [0.3, 0.4) is 0 Å². The van der Waals surface area contributed by atoms with Gasteiger partial charge in [0, 0.05) is 13.1 Å². The van der Waals surface area contributed by atoms with Crippen LogP contribution >= 0.6 is 0 Å². The second-order valence-electron chi connectivity index (χ2n) is 3.34. The maximum Gasteiger partial charge on any atom is 0.149 e. The average Bonchev–Trinajstić information content (AvgIpc) is 2.33. The SMILES string of the molecule is CC(C)NC(C)c1nncn1C. The lowest BCUT2D eigenvalue weighted by molar-refractivity contribution is 0.476. The van der Waals surface area contributed by atoms with E-state index < -0.39 is 0 Å². The highest BCUT2D eigenvalue weighted by atomic mass is 15.3. The van der Waals surface area contributed by atoms with Gasteiger partial charge in [0.2, 0.25) is 0 Å². The standard InChI is InChI=1S/C8H16N4/c1-6(2)10-7(3)8-11-9-5-12(8)4/h5-7,10H,1-4H3. The first-order valence-corrected chi connectivity index (χ1v) is 4.21. The van der Waals surface area contributed by atoms with E-state index in [-0.39, 0.29) is 6.04 Å². The zero-order valence-electron chi connectivity index (χ0n) is 8.07. The van der Waals surface area contributed by atoms with Gasteiger partial charge in [-0.15, -0.1) is 10.2 Å². The minimum atomic E-state index is 0.262. The number of hydrogen-bond acceptors (Lipinski definition) is 3. The van der Waals surface area contributed by atoms with Gasteiger partial charge in [-0.2, -0.15) is 0 Å². The van der Waals surface area contributed by atoms with Crippen molar-refractivity contribution in [1.29, 1.82) is 0 Å². The van der Waals surface area contributed by atoms with Crippen molar-refractivity contribution in [3.8, 4) is 0 Å². The molecule has 1 heterocycles. The van der Waals surface area contributed by atoms with E-state index in [1.807, 2.05) is 11.6 Å². The summed E-state index contributed by atoms with van der Waals surface area (Å²) in [4.78, 5) is 0. The predicted octanol–water partition coefficient (Wildman–Crippen LogP) is 0.874. The smallest absolute Gasteiger partial charge is 0.149 e. The first kappa shape index (κ1) is 9.19. The van der Waals surface area contributed by atoms with Gasteiger partial charge < -0.3 is 9.88 Å². The van der Waals surface area contributed by atoms with E-state index in [1.54, 1.807) is 6.33 Å². The Morgan fingerprint density at radius 2 is 2.08 bits per heavy atom. The molecule has 0 radical (unpaired) electrons. The molecule has 1 aromatic heterocycles. The van der Waals surface area contributed by atoms with Crippen LogP contribution in [0.2, 0.25) is 0 Å². The maximum atomic E-state index is 4.02. The first-order valence-electron chi connectivity index (χ1n) is 4.21.